The molecule has 1 aliphatic heterocycles. The first-order chi connectivity index (χ1) is 9.27. The fourth-order valence-electron chi connectivity index (χ4n) is 3.22. The Morgan fingerprint density at radius 2 is 2.05 bits per heavy atom. The van der Waals surface area contributed by atoms with E-state index in [2.05, 4.69) is 12.1 Å². The minimum atomic E-state index is -0.0648. The number of rotatable bonds is 4. The van der Waals surface area contributed by atoms with Crippen molar-refractivity contribution in [2.45, 2.75) is 43.6 Å². The molecule has 0 saturated heterocycles. The Hall–Kier alpha value is -1.06. The molecule has 0 bridgehead atoms. The van der Waals surface area contributed by atoms with Gasteiger partial charge >= 0.3 is 0 Å². The van der Waals surface area contributed by atoms with Gasteiger partial charge in [-0.25, -0.2) is 0 Å². The molecule has 0 aromatic heterocycles. The van der Waals surface area contributed by atoms with Gasteiger partial charge in [0.1, 0.15) is 5.75 Å². The second-order valence-corrected chi connectivity index (χ2v) is 5.96. The summed E-state index contributed by atoms with van der Waals surface area (Å²) in [5.41, 5.74) is 7.54. The number of para-hydroxylation sites is 1. The zero-order valence-corrected chi connectivity index (χ0v) is 11.4. The zero-order valence-electron chi connectivity index (χ0n) is 11.4. The van der Waals surface area contributed by atoms with Gasteiger partial charge in [-0.3, -0.25) is 0 Å². The van der Waals surface area contributed by atoms with Gasteiger partial charge in [0.2, 0.25) is 0 Å². The lowest BCUT2D eigenvalue weighted by molar-refractivity contribution is 0.0678. The Morgan fingerprint density at radius 1 is 1.26 bits per heavy atom. The first kappa shape index (κ1) is 12.9. The van der Waals surface area contributed by atoms with Crippen molar-refractivity contribution in [1.29, 1.82) is 0 Å². The Bertz CT molecular complexity index is 427. The van der Waals surface area contributed by atoms with E-state index < -0.39 is 0 Å². The van der Waals surface area contributed by atoms with Gasteiger partial charge < -0.3 is 15.2 Å². The number of hydrogen-bond donors (Lipinski definition) is 1. The maximum atomic E-state index is 6.32. The van der Waals surface area contributed by atoms with Crippen LogP contribution in [-0.4, -0.2) is 25.4 Å². The summed E-state index contributed by atoms with van der Waals surface area (Å²) in [5.74, 6) is 1.47. The molecule has 0 radical (unpaired) electrons. The van der Waals surface area contributed by atoms with Crippen molar-refractivity contribution in [1.82, 2.24) is 0 Å². The quantitative estimate of drug-likeness (QED) is 0.906. The van der Waals surface area contributed by atoms with Crippen molar-refractivity contribution in [3.05, 3.63) is 29.8 Å². The second-order valence-electron chi connectivity index (χ2n) is 5.96. The fourth-order valence-corrected chi connectivity index (χ4v) is 3.22. The molecule has 1 aliphatic carbocycles. The van der Waals surface area contributed by atoms with Crippen LogP contribution in [0.25, 0.3) is 0 Å². The molecule has 1 saturated carbocycles. The van der Waals surface area contributed by atoms with E-state index in [-0.39, 0.29) is 5.54 Å². The normalized spacial score (nSPS) is 24.8. The van der Waals surface area contributed by atoms with Crippen molar-refractivity contribution in [3.63, 3.8) is 0 Å². The van der Waals surface area contributed by atoms with Crippen LogP contribution >= 0.6 is 0 Å². The maximum absolute atomic E-state index is 6.32. The van der Waals surface area contributed by atoms with Crippen LogP contribution in [0, 0.1) is 0 Å². The van der Waals surface area contributed by atoms with E-state index in [0.717, 1.165) is 38.2 Å². The Kier molecular flexibility index (Phi) is 3.76. The number of nitrogens with two attached hydrogens (primary N) is 1. The highest BCUT2D eigenvalue weighted by atomic mass is 16.5. The van der Waals surface area contributed by atoms with E-state index in [9.17, 15) is 0 Å². The smallest absolute Gasteiger partial charge is 0.122 e. The summed E-state index contributed by atoms with van der Waals surface area (Å²) in [5, 5.41) is 0. The lowest BCUT2D eigenvalue weighted by Gasteiger charge is -2.28. The summed E-state index contributed by atoms with van der Waals surface area (Å²) in [6, 6.07) is 8.29. The number of benzene rings is 1. The first-order valence-corrected chi connectivity index (χ1v) is 7.35. The van der Waals surface area contributed by atoms with E-state index >= 15 is 0 Å². The van der Waals surface area contributed by atoms with Crippen LogP contribution in [0.4, 0.5) is 0 Å². The summed E-state index contributed by atoms with van der Waals surface area (Å²) in [6.45, 7) is 2.25. The minimum Gasteiger partial charge on any atom is -0.493 e. The molecular weight excluding hydrogens is 238 g/mol. The topological polar surface area (TPSA) is 44.5 Å². The van der Waals surface area contributed by atoms with E-state index in [0.29, 0.717) is 12.5 Å². The largest absolute Gasteiger partial charge is 0.493 e. The number of fused-ring (bicyclic) bond motifs is 1. The van der Waals surface area contributed by atoms with Gasteiger partial charge in [0.25, 0.3) is 0 Å². The molecule has 1 heterocycles. The molecule has 2 N–H and O–H groups in total. The molecular formula is C16H23NO2. The molecule has 3 nitrogen and oxygen atoms in total. The molecule has 19 heavy (non-hydrogen) atoms. The van der Waals surface area contributed by atoms with Crippen molar-refractivity contribution in [2.75, 3.05) is 19.8 Å². The summed E-state index contributed by atoms with van der Waals surface area (Å²) >= 11 is 0. The van der Waals surface area contributed by atoms with Crippen LogP contribution in [0.15, 0.2) is 24.3 Å². The first-order valence-electron chi connectivity index (χ1n) is 7.35. The van der Waals surface area contributed by atoms with Crippen molar-refractivity contribution in [2.24, 2.45) is 5.73 Å². The van der Waals surface area contributed by atoms with Crippen LogP contribution in [0.3, 0.4) is 0 Å². The highest BCUT2D eigenvalue weighted by Crippen LogP contribution is 2.34. The molecule has 1 fully saturated rings. The molecule has 1 unspecified atom stereocenters. The van der Waals surface area contributed by atoms with E-state index in [1.54, 1.807) is 0 Å². The van der Waals surface area contributed by atoms with Gasteiger partial charge in [-0.15, -0.1) is 0 Å². The highest BCUT2D eigenvalue weighted by Gasteiger charge is 2.30. The third kappa shape index (κ3) is 2.93. The van der Waals surface area contributed by atoms with Crippen LogP contribution < -0.4 is 10.5 Å². The second kappa shape index (κ2) is 5.51. The predicted octanol–water partition coefficient (Wildman–Crippen LogP) is 2.84. The van der Waals surface area contributed by atoms with Crippen LogP contribution in [0.2, 0.25) is 0 Å². The summed E-state index contributed by atoms with van der Waals surface area (Å²) in [4.78, 5) is 0. The molecule has 0 amide bonds. The molecule has 1 atom stereocenters. The Balaban J connectivity index is 1.56. The van der Waals surface area contributed by atoms with Gasteiger partial charge in [0.15, 0.2) is 0 Å². The standard InChI is InChI=1S/C16H23NO2/c17-16(8-3-4-9-16)12-18-11-13-7-10-19-15-6-2-1-5-14(13)15/h1-2,5-6,13H,3-4,7-12,17H2. The Labute approximate surface area is 115 Å². The number of ether oxygens (including phenoxy) is 2. The maximum Gasteiger partial charge on any atom is 0.122 e. The van der Waals surface area contributed by atoms with Crippen LogP contribution in [0.1, 0.15) is 43.6 Å². The average Bonchev–Trinajstić information content (AvgIpc) is 2.86. The monoisotopic (exact) mass is 261 g/mol. The Morgan fingerprint density at radius 3 is 2.89 bits per heavy atom. The van der Waals surface area contributed by atoms with Crippen LogP contribution in [0.5, 0.6) is 5.75 Å². The summed E-state index contributed by atoms with van der Waals surface area (Å²) in [6.07, 6.45) is 5.75. The lowest BCUT2D eigenvalue weighted by atomic mass is 9.94. The molecule has 104 valence electrons. The van der Waals surface area contributed by atoms with E-state index in [1.165, 1.54) is 18.4 Å². The summed E-state index contributed by atoms with van der Waals surface area (Å²) < 4.78 is 11.6. The van der Waals surface area contributed by atoms with E-state index in [4.69, 9.17) is 15.2 Å². The third-order valence-corrected chi connectivity index (χ3v) is 4.39. The molecule has 3 heteroatoms. The average molecular weight is 261 g/mol. The summed E-state index contributed by atoms with van der Waals surface area (Å²) in [7, 11) is 0. The van der Waals surface area contributed by atoms with E-state index in [1.807, 2.05) is 12.1 Å². The lowest BCUT2D eigenvalue weighted by Crippen LogP contribution is -2.41. The molecule has 1 aromatic carbocycles. The molecule has 0 spiro atoms. The SMILES string of the molecule is NC1(COCC2CCOc3ccccc32)CCCC1. The van der Waals surface area contributed by atoms with Crippen molar-refractivity contribution in [3.8, 4) is 5.75 Å². The third-order valence-electron chi connectivity index (χ3n) is 4.39. The predicted molar refractivity (Wildman–Crippen MR) is 75.5 cm³/mol. The van der Waals surface area contributed by atoms with Crippen molar-refractivity contribution < 1.29 is 9.47 Å². The zero-order chi connectivity index (χ0) is 13.1. The van der Waals surface area contributed by atoms with Crippen LogP contribution in [-0.2, 0) is 4.74 Å². The number of hydrogen-bond acceptors (Lipinski definition) is 3. The fraction of sp³-hybridized carbons (Fsp3) is 0.625. The van der Waals surface area contributed by atoms with Gasteiger partial charge in [-0.05, 0) is 30.9 Å². The van der Waals surface area contributed by atoms with Gasteiger partial charge in [0, 0.05) is 11.5 Å². The molecule has 3 rings (SSSR count). The van der Waals surface area contributed by atoms with Gasteiger partial charge in [-0.2, -0.15) is 0 Å². The molecule has 2 aliphatic rings. The van der Waals surface area contributed by atoms with Gasteiger partial charge in [0.05, 0.1) is 19.8 Å². The van der Waals surface area contributed by atoms with Gasteiger partial charge in [-0.1, -0.05) is 31.0 Å². The minimum absolute atomic E-state index is 0.0648. The molecule has 1 aromatic rings. The van der Waals surface area contributed by atoms with Crippen molar-refractivity contribution >= 4 is 0 Å². The highest BCUT2D eigenvalue weighted by molar-refractivity contribution is 5.37.